The third-order valence-electron chi connectivity index (χ3n) is 3.71. The van der Waals surface area contributed by atoms with Gasteiger partial charge in [-0.1, -0.05) is 54.6 Å². The third-order valence-corrected chi connectivity index (χ3v) is 3.71. The zero-order valence-electron chi connectivity index (χ0n) is 11.5. The Bertz CT molecular complexity index is 743. The van der Waals surface area contributed by atoms with E-state index in [2.05, 4.69) is 36.4 Å². The highest BCUT2D eigenvalue weighted by Gasteiger charge is 2.11. The molecule has 0 aromatic heterocycles. The molecule has 0 amide bonds. The van der Waals surface area contributed by atoms with Crippen molar-refractivity contribution in [2.45, 2.75) is 12.8 Å². The fraction of sp³-hybridized carbons (Fsp3) is 0.111. The van der Waals surface area contributed by atoms with E-state index in [1.54, 1.807) is 18.2 Å². The van der Waals surface area contributed by atoms with Gasteiger partial charge >= 0.3 is 0 Å². The number of benzene rings is 3. The van der Waals surface area contributed by atoms with Crippen molar-refractivity contribution in [3.63, 3.8) is 0 Å². The first kappa shape index (κ1) is 13.3. The molecule has 0 fully saturated rings. The van der Waals surface area contributed by atoms with Crippen LogP contribution in [0.25, 0.3) is 10.8 Å². The molecule has 0 aliphatic heterocycles. The molecule has 0 unspecified atom stereocenters. The number of rotatable bonds is 1. The summed E-state index contributed by atoms with van der Waals surface area (Å²) in [7, 11) is 0. The lowest BCUT2D eigenvalue weighted by atomic mass is 10.1. The second-order valence-electron chi connectivity index (χ2n) is 5.03. The first-order chi connectivity index (χ1) is 10.3. The summed E-state index contributed by atoms with van der Waals surface area (Å²) in [5.41, 5.74) is 3.20. The molecule has 3 nitrogen and oxygen atoms in total. The van der Waals surface area contributed by atoms with E-state index in [1.165, 1.54) is 46.9 Å². The lowest BCUT2D eigenvalue weighted by Crippen LogP contribution is -1.84. The Balaban J connectivity index is 0.000000133. The molecule has 0 saturated carbocycles. The van der Waals surface area contributed by atoms with E-state index >= 15 is 0 Å². The van der Waals surface area contributed by atoms with Crippen molar-refractivity contribution in [3.8, 4) is 0 Å². The molecule has 0 N–H and O–H groups in total. The van der Waals surface area contributed by atoms with Crippen LogP contribution in [0.1, 0.15) is 11.1 Å². The Labute approximate surface area is 123 Å². The van der Waals surface area contributed by atoms with Crippen molar-refractivity contribution in [2.24, 2.45) is 0 Å². The van der Waals surface area contributed by atoms with E-state index in [9.17, 15) is 10.1 Å². The van der Waals surface area contributed by atoms with Gasteiger partial charge < -0.3 is 0 Å². The SMILES string of the molecule is O=[N+]([O-])c1ccccc1.c1cc2c3c(cccc3c1)CC2. The number of aryl methyl sites for hydroxylation is 2. The van der Waals surface area contributed by atoms with E-state index in [0.717, 1.165) is 0 Å². The minimum atomic E-state index is -0.417. The van der Waals surface area contributed by atoms with Gasteiger partial charge in [0, 0.05) is 12.1 Å². The average Bonchev–Trinajstić information content (AvgIpc) is 2.95. The van der Waals surface area contributed by atoms with Gasteiger partial charge in [0.25, 0.3) is 5.69 Å². The molecule has 1 aliphatic carbocycles. The van der Waals surface area contributed by atoms with E-state index in [-0.39, 0.29) is 5.69 Å². The maximum Gasteiger partial charge on any atom is 0.269 e. The number of hydrogen-bond acceptors (Lipinski definition) is 2. The van der Waals surface area contributed by atoms with Crippen molar-refractivity contribution in [3.05, 3.63) is 88.0 Å². The fourth-order valence-electron chi connectivity index (χ4n) is 2.74. The van der Waals surface area contributed by atoms with Crippen molar-refractivity contribution in [1.82, 2.24) is 0 Å². The minimum absolute atomic E-state index is 0.137. The first-order valence-corrected chi connectivity index (χ1v) is 6.94. The summed E-state index contributed by atoms with van der Waals surface area (Å²) in [6, 6.07) is 21.2. The molecular weight excluding hydrogens is 262 g/mol. The molecule has 0 atom stereocenters. The number of nitro benzene ring substituents is 1. The number of non-ortho nitro benzene ring substituents is 1. The van der Waals surface area contributed by atoms with Crippen LogP contribution < -0.4 is 0 Å². The van der Waals surface area contributed by atoms with Crippen LogP contribution in [0.4, 0.5) is 5.69 Å². The van der Waals surface area contributed by atoms with Crippen LogP contribution in [0.2, 0.25) is 0 Å². The third kappa shape index (κ3) is 2.77. The highest BCUT2D eigenvalue weighted by atomic mass is 16.6. The molecular formula is C18H15NO2. The van der Waals surface area contributed by atoms with E-state index in [1.807, 2.05) is 0 Å². The van der Waals surface area contributed by atoms with E-state index in [0.29, 0.717) is 0 Å². The van der Waals surface area contributed by atoms with E-state index < -0.39 is 4.92 Å². The normalized spacial score (nSPS) is 11.8. The zero-order chi connectivity index (χ0) is 14.7. The van der Waals surface area contributed by atoms with Gasteiger partial charge in [-0.25, -0.2) is 0 Å². The maximum absolute atomic E-state index is 10.0. The van der Waals surface area contributed by atoms with Gasteiger partial charge in [0.1, 0.15) is 0 Å². The molecule has 104 valence electrons. The summed E-state index contributed by atoms with van der Waals surface area (Å²) < 4.78 is 0. The van der Waals surface area contributed by atoms with Gasteiger partial charge in [-0.15, -0.1) is 0 Å². The Morgan fingerprint density at radius 1 is 0.762 bits per heavy atom. The van der Waals surface area contributed by atoms with Crippen LogP contribution >= 0.6 is 0 Å². The summed E-state index contributed by atoms with van der Waals surface area (Å²) in [6.07, 6.45) is 2.47. The van der Waals surface area contributed by atoms with Gasteiger partial charge in [-0.3, -0.25) is 10.1 Å². The minimum Gasteiger partial charge on any atom is -0.258 e. The van der Waals surface area contributed by atoms with Crippen LogP contribution in [0.5, 0.6) is 0 Å². The second-order valence-corrected chi connectivity index (χ2v) is 5.03. The van der Waals surface area contributed by atoms with Crippen LogP contribution in [0.15, 0.2) is 66.7 Å². The zero-order valence-corrected chi connectivity index (χ0v) is 11.5. The summed E-state index contributed by atoms with van der Waals surface area (Å²) in [5, 5.41) is 12.9. The Hall–Kier alpha value is -2.68. The van der Waals surface area contributed by atoms with E-state index in [4.69, 9.17) is 0 Å². The second kappa shape index (κ2) is 5.75. The van der Waals surface area contributed by atoms with Gasteiger partial charge in [0.2, 0.25) is 0 Å². The Morgan fingerprint density at radius 3 is 1.81 bits per heavy atom. The maximum atomic E-state index is 10.0. The highest BCUT2D eigenvalue weighted by molar-refractivity contribution is 5.90. The number of hydrogen-bond donors (Lipinski definition) is 0. The van der Waals surface area contributed by atoms with Crippen LogP contribution in [0, 0.1) is 10.1 Å². The largest absolute Gasteiger partial charge is 0.269 e. The molecule has 4 rings (SSSR count). The molecule has 3 aromatic rings. The summed E-state index contributed by atoms with van der Waals surface area (Å²) in [6.45, 7) is 0. The molecule has 0 radical (unpaired) electrons. The first-order valence-electron chi connectivity index (χ1n) is 6.94. The average molecular weight is 277 g/mol. The van der Waals surface area contributed by atoms with Crippen molar-refractivity contribution >= 4 is 16.5 Å². The predicted molar refractivity (Wildman–Crippen MR) is 84.5 cm³/mol. The fourth-order valence-corrected chi connectivity index (χ4v) is 2.74. The van der Waals surface area contributed by atoms with Crippen LogP contribution in [-0.2, 0) is 12.8 Å². The van der Waals surface area contributed by atoms with Gasteiger partial charge in [-0.2, -0.15) is 0 Å². The topological polar surface area (TPSA) is 43.1 Å². The molecule has 3 aromatic carbocycles. The lowest BCUT2D eigenvalue weighted by Gasteiger charge is -1.99. The number of para-hydroxylation sites is 1. The molecule has 0 saturated heterocycles. The quantitative estimate of drug-likeness (QED) is 0.484. The smallest absolute Gasteiger partial charge is 0.258 e. The predicted octanol–water partition coefficient (Wildman–Crippen LogP) is 4.53. The molecule has 0 spiro atoms. The summed E-state index contributed by atoms with van der Waals surface area (Å²) in [5.74, 6) is 0. The summed E-state index contributed by atoms with van der Waals surface area (Å²) in [4.78, 5) is 9.59. The molecule has 3 heteroatoms. The monoisotopic (exact) mass is 277 g/mol. The standard InChI is InChI=1S/C12H10.C6H5NO2/c1-3-9-4-2-6-11-8-7-10(5-1)12(9)11;8-7(9)6-4-2-1-3-5-6/h1-6H,7-8H2;1-5H. The Kier molecular flexibility index (Phi) is 3.65. The molecule has 0 bridgehead atoms. The van der Waals surface area contributed by atoms with Crippen LogP contribution in [0.3, 0.4) is 0 Å². The number of nitrogens with zero attached hydrogens (tertiary/aromatic N) is 1. The number of nitro groups is 1. The van der Waals surface area contributed by atoms with Gasteiger partial charge in [0.05, 0.1) is 4.92 Å². The van der Waals surface area contributed by atoms with Crippen LogP contribution in [-0.4, -0.2) is 4.92 Å². The molecule has 21 heavy (non-hydrogen) atoms. The summed E-state index contributed by atoms with van der Waals surface area (Å²) >= 11 is 0. The van der Waals surface area contributed by atoms with Gasteiger partial charge in [0.15, 0.2) is 0 Å². The lowest BCUT2D eigenvalue weighted by molar-refractivity contribution is -0.384. The Morgan fingerprint density at radius 2 is 1.33 bits per heavy atom. The molecule has 0 heterocycles. The highest BCUT2D eigenvalue weighted by Crippen LogP contribution is 2.29. The van der Waals surface area contributed by atoms with Crippen molar-refractivity contribution in [1.29, 1.82) is 0 Å². The molecule has 1 aliphatic rings. The van der Waals surface area contributed by atoms with Crippen molar-refractivity contribution < 1.29 is 4.92 Å². The van der Waals surface area contributed by atoms with Crippen molar-refractivity contribution in [2.75, 3.05) is 0 Å². The van der Waals surface area contributed by atoms with Gasteiger partial charge in [-0.05, 0) is 34.7 Å².